The molecule has 106 valence electrons. The molecule has 2 aromatic rings. The molecule has 0 fully saturated rings. The average molecular weight is 284 g/mol. The van der Waals surface area contributed by atoms with Gasteiger partial charge in [0.15, 0.2) is 11.6 Å². The van der Waals surface area contributed by atoms with E-state index in [9.17, 15) is 9.18 Å². The van der Waals surface area contributed by atoms with Gasteiger partial charge in [0, 0.05) is 5.56 Å². The second kappa shape index (κ2) is 6.53. The van der Waals surface area contributed by atoms with Gasteiger partial charge < -0.3 is 10.1 Å². The Hall–Kier alpha value is -2.87. The monoisotopic (exact) mass is 284 g/mol. The average Bonchev–Trinajstić information content (AvgIpc) is 2.53. The molecule has 0 saturated heterocycles. The van der Waals surface area contributed by atoms with E-state index in [0.29, 0.717) is 5.56 Å². The molecule has 0 aliphatic heterocycles. The molecule has 4 nitrogen and oxygen atoms in total. The first-order chi connectivity index (χ1) is 10.2. The van der Waals surface area contributed by atoms with Crippen LogP contribution in [0.25, 0.3) is 0 Å². The molecular weight excluding hydrogens is 271 g/mol. The molecule has 0 saturated carbocycles. The Morgan fingerprint density at radius 3 is 2.57 bits per heavy atom. The van der Waals surface area contributed by atoms with Crippen LogP contribution >= 0.6 is 0 Å². The summed E-state index contributed by atoms with van der Waals surface area (Å²) in [6.07, 6.45) is 0. The number of ether oxygens (including phenoxy) is 1. The van der Waals surface area contributed by atoms with Gasteiger partial charge in [0.25, 0.3) is 5.91 Å². The summed E-state index contributed by atoms with van der Waals surface area (Å²) in [6.45, 7) is 0. The highest BCUT2D eigenvalue weighted by atomic mass is 19.1. The van der Waals surface area contributed by atoms with Crippen molar-refractivity contribution in [3.05, 3.63) is 65.5 Å². The van der Waals surface area contributed by atoms with Gasteiger partial charge in [-0.25, -0.2) is 4.39 Å². The van der Waals surface area contributed by atoms with Crippen molar-refractivity contribution in [1.82, 2.24) is 5.32 Å². The highest BCUT2D eigenvalue weighted by molar-refractivity contribution is 5.94. The highest BCUT2D eigenvalue weighted by Gasteiger charge is 2.16. The predicted octanol–water partition coefficient (Wildman–Crippen LogP) is 2.83. The van der Waals surface area contributed by atoms with Gasteiger partial charge in [-0.05, 0) is 23.8 Å². The summed E-state index contributed by atoms with van der Waals surface area (Å²) >= 11 is 0. The van der Waals surface area contributed by atoms with E-state index in [2.05, 4.69) is 5.32 Å². The van der Waals surface area contributed by atoms with E-state index in [1.165, 1.54) is 19.2 Å². The van der Waals surface area contributed by atoms with Gasteiger partial charge >= 0.3 is 0 Å². The van der Waals surface area contributed by atoms with E-state index in [-0.39, 0.29) is 11.3 Å². The van der Waals surface area contributed by atoms with Crippen molar-refractivity contribution in [1.29, 1.82) is 5.26 Å². The largest absolute Gasteiger partial charge is 0.494 e. The van der Waals surface area contributed by atoms with E-state index in [0.717, 1.165) is 6.07 Å². The van der Waals surface area contributed by atoms with Crippen molar-refractivity contribution in [2.45, 2.75) is 6.04 Å². The Labute approximate surface area is 121 Å². The number of nitrogens with zero attached hydrogens (tertiary/aromatic N) is 1. The summed E-state index contributed by atoms with van der Waals surface area (Å²) in [4.78, 5) is 12.1. The minimum Gasteiger partial charge on any atom is -0.494 e. The first-order valence-electron chi connectivity index (χ1n) is 6.24. The maximum absolute atomic E-state index is 13.6. The zero-order chi connectivity index (χ0) is 15.2. The van der Waals surface area contributed by atoms with Crippen molar-refractivity contribution in [3.8, 4) is 11.8 Å². The molecule has 2 rings (SSSR count). The van der Waals surface area contributed by atoms with E-state index >= 15 is 0 Å². The van der Waals surface area contributed by atoms with Gasteiger partial charge in [-0.1, -0.05) is 30.3 Å². The predicted molar refractivity (Wildman–Crippen MR) is 75.2 cm³/mol. The number of hydrogen-bond acceptors (Lipinski definition) is 3. The van der Waals surface area contributed by atoms with E-state index < -0.39 is 17.8 Å². The topological polar surface area (TPSA) is 62.1 Å². The van der Waals surface area contributed by atoms with Crippen LogP contribution < -0.4 is 10.1 Å². The fraction of sp³-hybridized carbons (Fsp3) is 0.125. The minimum atomic E-state index is -0.788. The summed E-state index contributed by atoms with van der Waals surface area (Å²) in [5.41, 5.74) is 0.798. The Bertz CT molecular complexity index is 680. The summed E-state index contributed by atoms with van der Waals surface area (Å²) in [7, 11) is 1.35. The molecule has 1 N–H and O–H groups in total. The molecule has 0 heterocycles. The zero-order valence-electron chi connectivity index (χ0n) is 11.3. The van der Waals surface area contributed by atoms with Crippen LogP contribution in [0.1, 0.15) is 22.0 Å². The lowest BCUT2D eigenvalue weighted by Gasteiger charge is -2.12. The normalized spacial score (nSPS) is 11.3. The number of nitrogens with one attached hydrogen (secondary N) is 1. The fourth-order valence-electron chi connectivity index (χ4n) is 1.86. The molecule has 5 heteroatoms. The van der Waals surface area contributed by atoms with Crippen LogP contribution in [0.15, 0.2) is 48.5 Å². The van der Waals surface area contributed by atoms with Crippen LogP contribution in [0.3, 0.4) is 0 Å². The SMILES string of the molecule is COc1ccc(C(=O)NC(C#N)c2ccccc2)cc1F. The second-order valence-corrected chi connectivity index (χ2v) is 4.30. The quantitative estimate of drug-likeness (QED) is 0.939. The molecule has 0 aromatic heterocycles. The molecule has 0 aliphatic rings. The maximum atomic E-state index is 13.6. The third-order valence-electron chi connectivity index (χ3n) is 2.95. The number of rotatable bonds is 4. The number of benzene rings is 2. The number of carbonyl (C=O) groups is 1. The Morgan fingerprint density at radius 1 is 1.29 bits per heavy atom. The molecular formula is C16H13FN2O2. The Morgan fingerprint density at radius 2 is 2.00 bits per heavy atom. The summed E-state index contributed by atoms with van der Waals surface area (Å²) in [5, 5.41) is 11.7. The first-order valence-corrected chi connectivity index (χ1v) is 6.24. The van der Waals surface area contributed by atoms with Crippen LogP contribution in [-0.2, 0) is 0 Å². The zero-order valence-corrected chi connectivity index (χ0v) is 11.3. The molecule has 0 radical (unpaired) electrons. The number of amides is 1. The maximum Gasteiger partial charge on any atom is 0.252 e. The molecule has 0 aliphatic carbocycles. The van der Waals surface area contributed by atoms with Gasteiger partial charge in [-0.3, -0.25) is 4.79 Å². The standard InChI is InChI=1S/C16H13FN2O2/c1-21-15-8-7-12(9-13(15)17)16(20)19-14(10-18)11-5-3-2-4-6-11/h2-9,14H,1H3,(H,19,20). The molecule has 21 heavy (non-hydrogen) atoms. The third kappa shape index (κ3) is 3.37. The molecule has 1 unspecified atom stereocenters. The highest BCUT2D eigenvalue weighted by Crippen LogP contribution is 2.18. The Kier molecular flexibility index (Phi) is 4.52. The van der Waals surface area contributed by atoms with Gasteiger partial charge in [0.1, 0.15) is 6.04 Å². The molecule has 0 spiro atoms. The van der Waals surface area contributed by atoms with Gasteiger partial charge in [0.05, 0.1) is 13.2 Å². The molecule has 2 aromatic carbocycles. The van der Waals surface area contributed by atoms with Gasteiger partial charge in [0.2, 0.25) is 0 Å². The van der Waals surface area contributed by atoms with Crippen molar-refractivity contribution in [3.63, 3.8) is 0 Å². The van der Waals surface area contributed by atoms with E-state index in [1.54, 1.807) is 24.3 Å². The number of halogens is 1. The summed E-state index contributed by atoms with van der Waals surface area (Å²) < 4.78 is 18.4. The first kappa shape index (κ1) is 14.5. The fourth-order valence-corrected chi connectivity index (χ4v) is 1.86. The van der Waals surface area contributed by atoms with Crippen molar-refractivity contribution >= 4 is 5.91 Å². The number of carbonyl (C=O) groups excluding carboxylic acids is 1. The summed E-state index contributed by atoms with van der Waals surface area (Å²) in [6, 6.07) is 14.0. The number of nitriles is 1. The van der Waals surface area contributed by atoms with Crippen LogP contribution in [0, 0.1) is 17.1 Å². The summed E-state index contributed by atoms with van der Waals surface area (Å²) in [5.74, 6) is -1.09. The van der Waals surface area contributed by atoms with Crippen LogP contribution in [0.4, 0.5) is 4.39 Å². The third-order valence-corrected chi connectivity index (χ3v) is 2.95. The van der Waals surface area contributed by atoms with Crippen molar-refractivity contribution in [2.24, 2.45) is 0 Å². The van der Waals surface area contributed by atoms with Crippen LogP contribution in [0.5, 0.6) is 5.75 Å². The minimum absolute atomic E-state index is 0.0615. The smallest absolute Gasteiger partial charge is 0.252 e. The van der Waals surface area contributed by atoms with Crippen molar-refractivity contribution < 1.29 is 13.9 Å². The van der Waals surface area contributed by atoms with Crippen LogP contribution in [0.2, 0.25) is 0 Å². The molecule has 1 atom stereocenters. The van der Waals surface area contributed by atoms with Gasteiger partial charge in [-0.2, -0.15) is 5.26 Å². The van der Waals surface area contributed by atoms with Crippen molar-refractivity contribution in [2.75, 3.05) is 7.11 Å². The lowest BCUT2D eigenvalue weighted by molar-refractivity contribution is 0.0944. The second-order valence-electron chi connectivity index (χ2n) is 4.30. The number of methoxy groups -OCH3 is 1. The Balaban J connectivity index is 2.17. The van der Waals surface area contributed by atoms with Gasteiger partial charge in [-0.15, -0.1) is 0 Å². The lowest BCUT2D eigenvalue weighted by Crippen LogP contribution is -2.27. The molecule has 1 amide bonds. The van der Waals surface area contributed by atoms with Crippen LogP contribution in [-0.4, -0.2) is 13.0 Å². The van der Waals surface area contributed by atoms with E-state index in [1.807, 2.05) is 12.1 Å². The molecule has 0 bridgehead atoms. The number of hydrogen-bond donors (Lipinski definition) is 1. The van der Waals surface area contributed by atoms with E-state index in [4.69, 9.17) is 10.00 Å². The lowest BCUT2D eigenvalue weighted by atomic mass is 10.1.